The third kappa shape index (κ3) is 3.59. The van der Waals surface area contributed by atoms with Crippen molar-refractivity contribution < 1.29 is 4.74 Å². The van der Waals surface area contributed by atoms with E-state index in [-0.39, 0.29) is 0 Å². The molecular weight excluding hydrogens is 226 g/mol. The average molecular weight is 249 g/mol. The molecule has 1 heterocycles. The molecule has 1 aromatic rings. The largest absolute Gasteiger partial charge is 0.474 e. The van der Waals surface area contributed by atoms with E-state index in [0.29, 0.717) is 17.9 Å². The summed E-state index contributed by atoms with van der Waals surface area (Å²) in [6, 6.07) is 1.84. The maximum Gasteiger partial charge on any atom is 0.225 e. The highest BCUT2D eigenvalue weighted by molar-refractivity contribution is 5.27. The molecular formula is C14H23N3O. The minimum atomic E-state index is 0.299. The van der Waals surface area contributed by atoms with Crippen LogP contribution in [0.2, 0.25) is 0 Å². The van der Waals surface area contributed by atoms with Crippen molar-refractivity contribution in [2.24, 2.45) is 11.8 Å². The van der Waals surface area contributed by atoms with E-state index in [1.807, 2.05) is 13.0 Å². The van der Waals surface area contributed by atoms with Crippen LogP contribution < -0.4 is 10.1 Å². The number of aromatic nitrogens is 2. The van der Waals surface area contributed by atoms with E-state index < -0.39 is 0 Å². The Morgan fingerprint density at radius 1 is 1.28 bits per heavy atom. The molecule has 100 valence electrons. The molecule has 0 amide bonds. The summed E-state index contributed by atoms with van der Waals surface area (Å²) in [6.07, 6.45) is 5.62. The SMILES string of the molecule is CCNc1nccc(OC2CC(C)CC(C)C2)n1. The van der Waals surface area contributed by atoms with Gasteiger partial charge in [0.2, 0.25) is 11.8 Å². The van der Waals surface area contributed by atoms with E-state index in [1.165, 1.54) is 6.42 Å². The standard InChI is InChI=1S/C14H23N3O/c1-4-15-14-16-6-5-13(17-14)18-12-8-10(2)7-11(3)9-12/h5-6,10-12H,4,7-9H2,1-3H3,(H,15,16,17). The zero-order valence-corrected chi connectivity index (χ0v) is 11.5. The molecule has 0 spiro atoms. The molecule has 18 heavy (non-hydrogen) atoms. The first-order valence-electron chi connectivity index (χ1n) is 6.91. The number of hydrogen-bond donors (Lipinski definition) is 1. The van der Waals surface area contributed by atoms with Crippen molar-refractivity contribution in [2.75, 3.05) is 11.9 Å². The summed E-state index contributed by atoms with van der Waals surface area (Å²) in [7, 11) is 0. The van der Waals surface area contributed by atoms with Crippen LogP contribution in [-0.2, 0) is 0 Å². The van der Waals surface area contributed by atoms with Crippen LogP contribution >= 0.6 is 0 Å². The van der Waals surface area contributed by atoms with Crippen LogP contribution in [-0.4, -0.2) is 22.6 Å². The van der Waals surface area contributed by atoms with Crippen LogP contribution in [0.3, 0.4) is 0 Å². The van der Waals surface area contributed by atoms with Crippen LogP contribution in [0.15, 0.2) is 12.3 Å². The number of anilines is 1. The summed E-state index contributed by atoms with van der Waals surface area (Å²) in [5.41, 5.74) is 0. The second-order valence-electron chi connectivity index (χ2n) is 5.41. The second kappa shape index (κ2) is 6.03. The highest BCUT2D eigenvalue weighted by Gasteiger charge is 2.25. The van der Waals surface area contributed by atoms with Gasteiger partial charge in [0.1, 0.15) is 6.10 Å². The molecule has 0 bridgehead atoms. The van der Waals surface area contributed by atoms with Gasteiger partial charge in [-0.25, -0.2) is 4.98 Å². The van der Waals surface area contributed by atoms with Gasteiger partial charge in [-0.05, 0) is 38.0 Å². The van der Waals surface area contributed by atoms with Crippen LogP contribution in [0.5, 0.6) is 5.88 Å². The number of nitrogens with zero attached hydrogens (tertiary/aromatic N) is 2. The highest BCUT2D eigenvalue weighted by Crippen LogP contribution is 2.30. The lowest BCUT2D eigenvalue weighted by Gasteiger charge is -2.31. The van der Waals surface area contributed by atoms with Crippen molar-refractivity contribution in [3.8, 4) is 5.88 Å². The van der Waals surface area contributed by atoms with Crippen LogP contribution in [0.25, 0.3) is 0 Å². The highest BCUT2D eigenvalue weighted by atomic mass is 16.5. The first kappa shape index (κ1) is 13.1. The van der Waals surface area contributed by atoms with Gasteiger partial charge in [0.15, 0.2) is 0 Å². The van der Waals surface area contributed by atoms with Gasteiger partial charge < -0.3 is 10.1 Å². The summed E-state index contributed by atoms with van der Waals surface area (Å²) in [5.74, 6) is 2.82. The lowest BCUT2D eigenvalue weighted by atomic mass is 9.82. The monoisotopic (exact) mass is 249 g/mol. The molecule has 0 aromatic carbocycles. The molecule has 1 N–H and O–H groups in total. The average Bonchev–Trinajstić information content (AvgIpc) is 2.28. The quantitative estimate of drug-likeness (QED) is 0.890. The van der Waals surface area contributed by atoms with Gasteiger partial charge in [-0.2, -0.15) is 4.98 Å². The molecule has 4 heteroatoms. The fourth-order valence-electron chi connectivity index (χ4n) is 2.79. The maximum absolute atomic E-state index is 5.99. The molecule has 2 rings (SSSR count). The molecule has 2 atom stereocenters. The van der Waals surface area contributed by atoms with E-state index >= 15 is 0 Å². The molecule has 2 unspecified atom stereocenters. The Kier molecular flexibility index (Phi) is 4.39. The summed E-state index contributed by atoms with van der Waals surface area (Å²) < 4.78 is 5.99. The van der Waals surface area contributed by atoms with Crippen molar-refractivity contribution in [1.82, 2.24) is 9.97 Å². The Labute approximate surface area is 109 Å². The third-order valence-corrected chi connectivity index (χ3v) is 3.39. The molecule has 0 saturated heterocycles. The molecule has 1 aliphatic rings. The zero-order chi connectivity index (χ0) is 13.0. The van der Waals surface area contributed by atoms with Gasteiger partial charge in [0, 0.05) is 18.8 Å². The number of ether oxygens (including phenoxy) is 1. The van der Waals surface area contributed by atoms with Crippen molar-refractivity contribution in [3.63, 3.8) is 0 Å². The minimum absolute atomic E-state index is 0.299. The van der Waals surface area contributed by atoms with E-state index in [9.17, 15) is 0 Å². The third-order valence-electron chi connectivity index (χ3n) is 3.39. The van der Waals surface area contributed by atoms with Gasteiger partial charge in [-0.1, -0.05) is 13.8 Å². The molecule has 0 aliphatic heterocycles. The summed E-state index contributed by atoms with van der Waals surface area (Å²) in [5, 5.41) is 3.10. The number of nitrogens with one attached hydrogen (secondary N) is 1. The van der Waals surface area contributed by atoms with Crippen molar-refractivity contribution >= 4 is 5.95 Å². The van der Waals surface area contributed by atoms with Crippen molar-refractivity contribution in [3.05, 3.63) is 12.3 Å². The van der Waals surface area contributed by atoms with Gasteiger partial charge >= 0.3 is 0 Å². The molecule has 1 fully saturated rings. The Hall–Kier alpha value is -1.32. The van der Waals surface area contributed by atoms with E-state index in [4.69, 9.17) is 4.74 Å². The zero-order valence-electron chi connectivity index (χ0n) is 11.5. The normalized spacial score (nSPS) is 27.8. The Balaban J connectivity index is 1.97. The number of rotatable bonds is 4. The number of hydrogen-bond acceptors (Lipinski definition) is 4. The lowest BCUT2D eigenvalue weighted by Crippen LogP contribution is -2.28. The summed E-state index contributed by atoms with van der Waals surface area (Å²) in [6.45, 7) is 7.45. The fraction of sp³-hybridized carbons (Fsp3) is 0.714. The van der Waals surface area contributed by atoms with E-state index in [2.05, 4.69) is 29.1 Å². The van der Waals surface area contributed by atoms with E-state index in [1.54, 1.807) is 6.20 Å². The smallest absolute Gasteiger partial charge is 0.225 e. The maximum atomic E-state index is 5.99. The molecule has 1 saturated carbocycles. The minimum Gasteiger partial charge on any atom is -0.474 e. The topological polar surface area (TPSA) is 47.0 Å². The van der Waals surface area contributed by atoms with Gasteiger partial charge in [0.25, 0.3) is 0 Å². The van der Waals surface area contributed by atoms with Crippen molar-refractivity contribution in [2.45, 2.75) is 46.1 Å². The second-order valence-corrected chi connectivity index (χ2v) is 5.41. The molecule has 1 aromatic heterocycles. The van der Waals surface area contributed by atoms with Crippen LogP contribution in [0, 0.1) is 11.8 Å². The first-order valence-corrected chi connectivity index (χ1v) is 6.91. The molecule has 1 aliphatic carbocycles. The lowest BCUT2D eigenvalue weighted by molar-refractivity contribution is 0.0967. The summed E-state index contributed by atoms with van der Waals surface area (Å²) in [4.78, 5) is 8.51. The Morgan fingerprint density at radius 2 is 2.00 bits per heavy atom. The van der Waals surface area contributed by atoms with Crippen LogP contribution in [0.4, 0.5) is 5.95 Å². The predicted molar refractivity (Wildman–Crippen MR) is 72.8 cm³/mol. The molecule has 4 nitrogen and oxygen atoms in total. The predicted octanol–water partition coefficient (Wildman–Crippen LogP) is 3.11. The van der Waals surface area contributed by atoms with Gasteiger partial charge in [-0.15, -0.1) is 0 Å². The Bertz CT molecular complexity index is 373. The Morgan fingerprint density at radius 3 is 2.67 bits per heavy atom. The van der Waals surface area contributed by atoms with Crippen molar-refractivity contribution in [1.29, 1.82) is 0 Å². The van der Waals surface area contributed by atoms with Gasteiger partial charge in [0.05, 0.1) is 0 Å². The summed E-state index contributed by atoms with van der Waals surface area (Å²) >= 11 is 0. The van der Waals surface area contributed by atoms with Gasteiger partial charge in [-0.3, -0.25) is 0 Å². The van der Waals surface area contributed by atoms with E-state index in [0.717, 1.165) is 31.2 Å². The fourth-order valence-corrected chi connectivity index (χ4v) is 2.79. The molecule has 0 radical (unpaired) electrons. The first-order chi connectivity index (χ1) is 8.67. The van der Waals surface area contributed by atoms with Crippen LogP contribution in [0.1, 0.15) is 40.0 Å².